The van der Waals surface area contributed by atoms with Gasteiger partial charge in [0.2, 0.25) is 5.95 Å². The maximum absolute atomic E-state index is 13.5. The van der Waals surface area contributed by atoms with E-state index in [0.29, 0.717) is 0 Å². The fourth-order valence-corrected chi connectivity index (χ4v) is 2.37. The molecule has 0 radical (unpaired) electrons. The molecular weight excluding hydrogens is 239 g/mol. The third-order valence-corrected chi connectivity index (χ3v) is 3.35. The zero-order chi connectivity index (χ0) is 12.3. The predicted octanol–water partition coefficient (Wildman–Crippen LogP) is 2.82. The van der Waals surface area contributed by atoms with E-state index >= 15 is 0 Å². The van der Waals surface area contributed by atoms with Crippen LogP contribution in [0.5, 0.6) is 0 Å². The molecule has 4 nitrogen and oxygen atoms in total. The number of nitrogens with two attached hydrogens (primary N) is 1. The van der Waals surface area contributed by atoms with E-state index in [1.165, 1.54) is 0 Å². The Morgan fingerprint density at radius 2 is 2.41 bits per heavy atom. The SMILES string of the molecule is CCC(Nc1nc(N)ncc1F)c1cccs1. The van der Waals surface area contributed by atoms with Gasteiger partial charge in [-0.3, -0.25) is 0 Å². The zero-order valence-electron chi connectivity index (χ0n) is 9.35. The van der Waals surface area contributed by atoms with E-state index in [4.69, 9.17) is 5.73 Å². The van der Waals surface area contributed by atoms with Gasteiger partial charge in [-0.05, 0) is 17.9 Å². The average molecular weight is 252 g/mol. The van der Waals surface area contributed by atoms with Gasteiger partial charge in [0.25, 0.3) is 0 Å². The van der Waals surface area contributed by atoms with Gasteiger partial charge >= 0.3 is 0 Å². The summed E-state index contributed by atoms with van der Waals surface area (Å²) >= 11 is 1.63. The molecule has 0 amide bonds. The minimum absolute atomic E-state index is 0.0406. The Hall–Kier alpha value is -1.69. The first-order chi connectivity index (χ1) is 8.20. The highest BCUT2D eigenvalue weighted by Crippen LogP contribution is 2.26. The van der Waals surface area contributed by atoms with Crippen molar-refractivity contribution < 1.29 is 4.39 Å². The fraction of sp³-hybridized carbons (Fsp3) is 0.273. The molecule has 0 saturated heterocycles. The Balaban J connectivity index is 2.21. The van der Waals surface area contributed by atoms with Crippen LogP contribution in [-0.2, 0) is 0 Å². The quantitative estimate of drug-likeness (QED) is 0.878. The molecular formula is C11H13FN4S. The smallest absolute Gasteiger partial charge is 0.222 e. The fourth-order valence-electron chi connectivity index (χ4n) is 1.51. The van der Waals surface area contributed by atoms with Crippen LogP contribution in [0.15, 0.2) is 23.7 Å². The first kappa shape index (κ1) is 11.8. The van der Waals surface area contributed by atoms with Crippen LogP contribution in [0.4, 0.5) is 16.2 Å². The van der Waals surface area contributed by atoms with E-state index in [-0.39, 0.29) is 17.8 Å². The Morgan fingerprint density at radius 1 is 1.59 bits per heavy atom. The van der Waals surface area contributed by atoms with E-state index in [0.717, 1.165) is 17.5 Å². The summed E-state index contributed by atoms with van der Waals surface area (Å²) in [4.78, 5) is 8.59. The molecule has 0 fully saturated rings. The number of aromatic nitrogens is 2. The molecule has 0 aliphatic rings. The van der Waals surface area contributed by atoms with Crippen LogP contribution < -0.4 is 11.1 Å². The molecule has 0 bridgehead atoms. The normalized spacial score (nSPS) is 12.4. The van der Waals surface area contributed by atoms with Gasteiger partial charge in [-0.15, -0.1) is 11.3 Å². The molecule has 0 aliphatic heterocycles. The summed E-state index contributed by atoms with van der Waals surface area (Å²) in [5.41, 5.74) is 5.44. The summed E-state index contributed by atoms with van der Waals surface area (Å²) < 4.78 is 13.5. The predicted molar refractivity (Wildman–Crippen MR) is 67.4 cm³/mol. The number of nitrogens with zero attached hydrogens (tertiary/aromatic N) is 2. The summed E-state index contributed by atoms with van der Waals surface area (Å²) in [7, 11) is 0. The van der Waals surface area contributed by atoms with E-state index in [9.17, 15) is 4.39 Å². The number of rotatable bonds is 4. The van der Waals surface area contributed by atoms with Gasteiger partial charge in [0.05, 0.1) is 12.2 Å². The van der Waals surface area contributed by atoms with E-state index in [2.05, 4.69) is 15.3 Å². The van der Waals surface area contributed by atoms with Crippen molar-refractivity contribution in [3.05, 3.63) is 34.4 Å². The number of halogens is 1. The van der Waals surface area contributed by atoms with Crippen molar-refractivity contribution in [3.63, 3.8) is 0 Å². The molecule has 6 heteroatoms. The molecule has 0 aromatic carbocycles. The van der Waals surface area contributed by atoms with Crippen molar-refractivity contribution in [2.75, 3.05) is 11.1 Å². The van der Waals surface area contributed by atoms with Gasteiger partial charge in [0.15, 0.2) is 11.6 Å². The molecule has 1 unspecified atom stereocenters. The van der Waals surface area contributed by atoms with Crippen molar-refractivity contribution in [2.45, 2.75) is 19.4 Å². The number of hydrogen-bond acceptors (Lipinski definition) is 5. The lowest BCUT2D eigenvalue weighted by atomic mass is 10.2. The Labute approximate surface area is 103 Å². The minimum atomic E-state index is -0.491. The Kier molecular flexibility index (Phi) is 3.53. The van der Waals surface area contributed by atoms with Crippen LogP contribution in [0.3, 0.4) is 0 Å². The van der Waals surface area contributed by atoms with Crippen molar-refractivity contribution in [3.8, 4) is 0 Å². The van der Waals surface area contributed by atoms with Crippen LogP contribution in [0.25, 0.3) is 0 Å². The van der Waals surface area contributed by atoms with Gasteiger partial charge in [0, 0.05) is 4.88 Å². The Morgan fingerprint density at radius 3 is 3.06 bits per heavy atom. The standard InChI is InChI=1S/C11H13FN4S/c1-2-8(9-4-3-5-17-9)15-10-7(12)6-14-11(13)16-10/h3-6,8H,2H2,1H3,(H3,13,14,15,16). The lowest BCUT2D eigenvalue weighted by molar-refractivity contribution is 0.611. The zero-order valence-corrected chi connectivity index (χ0v) is 10.2. The van der Waals surface area contributed by atoms with Crippen molar-refractivity contribution in [2.24, 2.45) is 0 Å². The lowest BCUT2D eigenvalue weighted by Gasteiger charge is -2.16. The highest BCUT2D eigenvalue weighted by molar-refractivity contribution is 7.10. The van der Waals surface area contributed by atoms with Gasteiger partial charge in [-0.1, -0.05) is 13.0 Å². The van der Waals surface area contributed by atoms with Crippen LogP contribution in [-0.4, -0.2) is 9.97 Å². The highest BCUT2D eigenvalue weighted by Gasteiger charge is 2.13. The minimum Gasteiger partial charge on any atom is -0.368 e. The molecule has 3 N–H and O–H groups in total. The Bertz CT molecular complexity index is 486. The summed E-state index contributed by atoms with van der Waals surface area (Å²) in [6, 6.07) is 4.02. The maximum Gasteiger partial charge on any atom is 0.222 e. The molecule has 0 saturated carbocycles. The number of nitrogens with one attached hydrogen (secondary N) is 1. The second kappa shape index (κ2) is 5.09. The molecule has 2 heterocycles. The second-order valence-electron chi connectivity index (χ2n) is 3.55. The van der Waals surface area contributed by atoms with Gasteiger partial charge in [-0.2, -0.15) is 4.98 Å². The van der Waals surface area contributed by atoms with E-state index in [1.54, 1.807) is 11.3 Å². The first-order valence-corrected chi connectivity index (χ1v) is 6.16. The molecule has 0 spiro atoms. The molecule has 2 aromatic heterocycles. The summed E-state index contributed by atoms with van der Waals surface area (Å²) in [5, 5.41) is 5.03. The summed E-state index contributed by atoms with van der Waals surface area (Å²) in [6.07, 6.45) is 1.91. The number of nitrogen functional groups attached to an aromatic ring is 1. The first-order valence-electron chi connectivity index (χ1n) is 5.28. The van der Waals surface area contributed by atoms with Gasteiger partial charge < -0.3 is 11.1 Å². The molecule has 2 aromatic rings. The van der Waals surface area contributed by atoms with Crippen LogP contribution in [0.2, 0.25) is 0 Å². The lowest BCUT2D eigenvalue weighted by Crippen LogP contribution is -2.12. The molecule has 2 rings (SSSR count). The third kappa shape index (κ3) is 2.71. The number of anilines is 2. The van der Waals surface area contributed by atoms with Crippen LogP contribution in [0, 0.1) is 5.82 Å². The highest BCUT2D eigenvalue weighted by atomic mass is 32.1. The molecule has 1 atom stereocenters. The number of thiophene rings is 1. The molecule has 90 valence electrons. The molecule has 0 aliphatic carbocycles. The third-order valence-electron chi connectivity index (χ3n) is 2.37. The number of hydrogen-bond donors (Lipinski definition) is 2. The van der Waals surface area contributed by atoms with E-state index in [1.807, 2.05) is 24.4 Å². The van der Waals surface area contributed by atoms with Gasteiger partial charge in [-0.25, -0.2) is 9.37 Å². The second-order valence-corrected chi connectivity index (χ2v) is 4.52. The van der Waals surface area contributed by atoms with Crippen molar-refractivity contribution in [1.82, 2.24) is 9.97 Å². The van der Waals surface area contributed by atoms with Gasteiger partial charge in [0.1, 0.15) is 0 Å². The molecule has 17 heavy (non-hydrogen) atoms. The average Bonchev–Trinajstić information content (AvgIpc) is 2.84. The van der Waals surface area contributed by atoms with Crippen LogP contribution >= 0.6 is 11.3 Å². The summed E-state index contributed by atoms with van der Waals surface area (Å²) in [6.45, 7) is 2.03. The largest absolute Gasteiger partial charge is 0.368 e. The maximum atomic E-state index is 13.5. The van der Waals surface area contributed by atoms with Crippen molar-refractivity contribution >= 4 is 23.1 Å². The topological polar surface area (TPSA) is 63.8 Å². The van der Waals surface area contributed by atoms with Crippen molar-refractivity contribution in [1.29, 1.82) is 0 Å². The van der Waals surface area contributed by atoms with E-state index < -0.39 is 5.82 Å². The monoisotopic (exact) mass is 252 g/mol. The summed E-state index contributed by atoms with van der Waals surface area (Å²) in [5.74, 6) is -0.276. The van der Waals surface area contributed by atoms with Crippen LogP contribution in [0.1, 0.15) is 24.3 Å².